The van der Waals surface area contributed by atoms with E-state index in [1.54, 1.807) is 30.7 Å². The topological polar surface area (TPSA) is 59.7 Å². The van der Waals surface area contributed by atoms with Crippen LogP contribution in [0.4, 0.5) is 0 Å². The van der Waals surface area contributed by atoms with Crippen molar-refractivity contribution in [3.05, 3.63) is 78.3 Å². The van der Waals surface area contributed by atoms with E-state index in [0.717, 1.165) is 16.7 Å². The molecular formula is C18H14O4. The average Bonchev–Trinajstić information content (AvgIpc) is 3.08. The minimum Gasteiger partial charge on any atom is -0.488 e. The van der Waals surface area contributed by atoms with Crippen molar-refractivity contribution in [1.29, 1.82) is 0 Å². The van der Waals surface area contributed by atoms with E-state index in [9.17, 15) is 9.90 Å². The van der Waals surface area contributed by atoms with Gasteiger partial charge in [0.25, 0.3) is 0 Å². The van der Waals surface area contributed by atoms with Crippen molar-refractivity contribution in [1.82, 2.24) is 0 Å². The summed E-state index contributed by atoms with van der Waals surface area (Å²) < 4.78 is 10.8. The minimum atomic E-state index is -1.01. The molecule has 22 heavy (non-hydrogen) atoms. The Morgan fingerprint density at radius 2 is 1.86 bits per heavy atom. The number of ether oxygens (including phenoxy) is 1. The van der Waals surface area contributed by atoms with Crippen LogP contribution in [0.25, 0.3) is 11.1 Å². The highest BCUT2D eigenvalue weighted by molar-refractivity contribution is 5.92. The van der Waals surface area contributed by atoms with Crippen LogP contribution >= 0.6 is 0 Å². The van der Waals surface area contributed by atoms with Gasteiger partial charge in [0, 0.05) is 5.56 Å². The van der Waals surface area contributed by atoms with Gasteiger partial charge in [-0.3, -0.25) is 0 Å². The monoisotopic (exact) mass is 294 g/mol. The Morgan fingerprint density at radius 1 is 1.05 bits per heavy atom. The van der Waals surface area contributed by atoms with Crippen LogP contribution in [-0.4, -0.2) is 11.1 Å². The van der Waals surface area contributed by atoms with Gasteiger partial charge in [-0.05, 0) is 29.3 Å². The van der Waals surface area contributed by atoms with Gasteiger partial charge in [0.15, 0.2) is 0 Å². The second-order valence-corrected chi connectivity index (χ2v) is 4.80. The van der Waals surface area contributed by atoms with E-state index in [-0.39, 0.29) is 5.56 Å². The molecular weight excluding hydrogens is 280 g/mol. The minimum absolute atomic E-state index is 0.142. The summed E-state index contributed by atoms with van der Waals surface area (Å²) in [4.78, 5) is 11.3. The number of furan rings is 1. The van der Waals surface area contributed by atoms with E-state index in [2.05, 4.69) is 0 Å². The van der Waals surface area contributed by atoms with Crippen LogP contribution in [0.3, 0.4) is 0 Å². The number of aromatic carboxylic acids is 1. The van der Waals surface area contributed by atoms with Crippen molar-refractivity contribution in [3.8, 4) is 16.9 Å². The molecule has 0 radical (unpaired) electrons. The Labute approximate surface area is 127 Å². The van der Waals surface area contributed by atoms with E-state index in [1.165, 1.54) is 0 Å². The molecule has 0 saturated carbocycles. The van der Waals surface area contributed by atoms with Gasteiger partial charge < -0.3 is 14.3 Å². The Hall–Kier alpha value is -3.01. The molecule has 0 spiro atoms. The molecule has 0 aliphatic heterocycles. The second kappa shape index (κ2) is 6.18. The van der Waals surface area contributed by atoms with Gasteiger partial charge in [0.05, 0.1) is 12.5 Å². The third-order valence-electron chi connectivity index (χ3n) is 3.30. The van der Waals surface area contributed by atoms with Crippen molar-refractivity contribution in [2.24, 2.45) is 0 Å². The lowest BCUT2D eigenvalue weighted by Gasteiger charge is -2.11. The number of rotatable bonds is 5. The predicted molar refractivity (Wildman–Crippen MR) is 81.9 cm³/mol. The number of hydrogen-bond donors (Lipinski definition) is 1. The number of benzene rings is 2. The lowest BCUT2D eigenvalue weighted by atomic mass is 10.1. The Balaban J connectivity index is 1.89. The van der Waals surface area contributed by atoms with Crippen LogP contribution < -0.4 is 4.74 Å². The molecule has 4 nitrogen and oxygen atoms in total. The van der Waals surface area contributed by atoms with Crippen LogP contribution in [0.5, 0.6) is 5.75 Å². The van der Waals surface area contributed by atoms with E-state index in [0.29, 0.717) is 12.4 Å². The maximum absolute atomic E-state index is 11.3. The molecule has 0 amide bonds. The normalized spacial score (nSPS) is 10.4. The highest BCUT2D eigenvalue weighted by Crippen LogP contribution is 2.28. The van der Waals surface area contributed by atoms with Gasteiger partial charge in [-0.15, -0.1) is 0 Å². The lowest BCUT2D eigenvalue weighted by molar-refractivity contribution is 0.0692. The highest BCUT2D eigenvalue weighted by Gasteiger charge is 2.13. The molecule has 110 valence electrons. The van der Waals surface area contributed by atoms with Gasteiger partial charge in [-0.2, -0.15) is 0 Å². The maximum Gasteiger partial charge on any atom is 0.339 e. The van der Waals surface area contributed by atoms with Crippen LogP contribution in [0.15, 0.2) is 71.5 Å². The summed E-state index contributed by atoms with van der Waals surface area (Å²) >= 11 is 0. The first-order valence-corrected chi connectivity index (χ1v) is 6.80. The molecule has 0 aliphatic rings. The molecule has 0 atom stereocenters. The maximum atomic E-state index is 11.3. The standard InChI is InChI=1S/C18H14O4/c19-18(20)16-7-6-14(15-8-9-21-12-15)10-17(16)22-11-13-4-2-1-3-5-13/h1-10,12H,11H2,(H,19,20). The molecule has 0 unspecified atom stereocenters. The first-order valence-electron chi connectivity index (χ1n) is 6.80. The van der Waals surface area contributed by atoms with Gasteiger partial charge in [-0.25, -0.2) is 4.79 Å². The van der Waals surface area contributed by atoms with E-state index in [1.807, 2.05) is 36.4 Å². The Morgan fingerprint density at radius 3 is 2.55 bits per heavy atom. The van der Waals surface area contributed by atoms with Crippen molar-refractivity contribution < 1.29 is 19.1 Å². The molecule has 3 rings (SSSR count). The zero-order chi connectivity index (χ0) is 15.4. The molecule has 2 aromatic carbocycles. The smallest absolute Gasteiger partial charge is 0.339 e. The van der Waals surface area contributed by atoms with Crippen molar-refractivity contribution >= 4 is 5.97 Å². The van der Waals surface area contributed by atoms with Gasteiger partial charge >= 0.3 is 5.97 Å². The molecule has 1 N–H and O–H groups in total. The fourth-order valence-electron chi connectivity index (χ4n) is 2.16. The summed E-state index contributed by atoms with van der Waals surface area (Å²) in [5, 5.41) is 9.29. The summed E-state index contributed by atoms with van der Waals surface area (Å²) in [5.41, 5.74) is 2.85. The highest BCUT2D eigenvalue weighted by atomic mass is 16.5. The molecule has 4 heteroatoms. The molecule has 1 aromatic heterocycles. The molecule has 0 saturated heterocycles. The van der Waals surface area contributed by atoms with Crippen molar-refractivity contribution in [2.75, 3.05) is 0 Å². The number of carboxylic acids is 1. The predicted octanol–water partition coefficient (Wildman–Crippen LogP) is 4.22. The van der Waals surface area contributed by atoms with Crippen molar-refractivity contribution in [2.45, 2.75) is 6.61 Å². The summed E-state index contributed by atoms with van der Waals surface area (Å²) in [7, 11) is 0. The van der Waals surface area contributed by atoms with Crippen LogP contribution in [0.2, 0.25) is 0 Å². The van der Waals surface area contributed by atoms with E-state index in [4.69, 9.17) is 9.15 Å². The third-order valence-corrected chi connectivity index (χ3v) is 3.30. The van der Waals surface area contributed by atoms with E-state index < -0.39 is 5.97 Å². The first-order chi connectivity index (χ1) is 10.7. The molecule has 1 heterocycles. The van der Waals surface area contributed by atoms with Crippen LogP contribution in [0.1, 0.15) is 15.9 Å². The second-order valence-electron chi connectivity index (χ2n) is 4.80. The average molecular weight is 294 g/mol. The quantitative estimate of drug-likeness (QED) is 0.765. The third kappa shape index (κ3) is 3.01. The fraction of sp³-hybridized carbons (Fsp3) is 0.0556. The Bertz CT molecular complexity index is 761. The largest absolute Gasteiger partial charge is 0.488 e. The summed E-state index contributed by atoms with van der Waals surface area (Å²) in [6.45, 7) is 0.315. The van der Waals surface area contributed by atoms with Gasteiger partial charge in [-0.1, -0.05) is 36.4 Å². The molecule has 0 bridgehead atoms. The Kier molecular flexibility index (Phi) is 3.92. The van der Waals surface area contributed by atoms with E-state index >= 15 is 0 Å². The first kappa shape index (κ1) is 13.9. The van der Waals surface area contributed by atoms with Gasteiger partial charge in [0.1, 0.15) is 17.9 Å². The SMILES string of the molecule is O=C(O)c1ccc(-c2ccoc2)cc1OCc1ccccc1. The molecule has 0 fully saturated rings. The molecule has 0 aliphatic carbocycles. The van der Waals surface area contributed by atoms with Crippen molar-refractivity contribution in [3.63, 3.8) is 0 Å². The zero-order valence-corrected chi connectivity index (χ0v) is 11.7. The number of carbonyl (C=O) groups is 1. The summed E-state index contributed by atoms with van der Waals surface area (Å²) in [5.74, 6) is -0.670. The van der Waals surface area contributed by atoms with Crippen LogP contribution in [-0.2, 0) is 6.61 Å². The zero-order valence-electron chi connectivity index (χ0n) is 11.7. The lowest BCUT2D eigenvalue weighted by Crippen LogP contribution is -2.03. The summed E-state index contributed by atoms with van der Waals surface area (Å²) in [6, 6.07) is 16.4. The molecule has 3 aromatic rings. The van der Waals surface area contributed by atoms with Gasteiger partial charge in [0.2, 0.25) is 0 Å². The summed E-state index contributed by atoms with van der Waals surface area (Å²) in [6.07, 6.45) is 3.18. The van der Waals surface area contributed by atoms with Crippen LogP contribution in [0, 0.1) is 0 Å². The fourth-order valence-corrected chi connectivity index (χ4v) is 2.16. The number of carboxylic acid groups (broad SMARTS) is 1. The number of hydrogen-bond acceptors (Lipinski definition) is 3.